The first kappa shape index (κ1) is 13.4. The Kier molecular flexibility index (Phi) is 4.06. The number of rotatable bonds is 3. The first-order valence-electron chi connectivity index (χ1n) is 4.37. The van der Waals surface area contributed by atoms with Gasteiger partial charge in [0.1, 0.15) is 0 Å². The van der Waals surface area contributed by atoms with Crippen molar-refractivity contribution < 1.29 is 22.2 Å². The highest BCUT2D eigenvalue weighted by molar-refractivity contribution is 7.86. The molecule has 1 aromatic rings. The number of carbonyl (C=O) groups excluding carboxylic acids is 1. The highest BCUT2D eigenvalue weighted by atomic mass is 32.2. The number of amides is 1. The lowest BCUT2D eigenvalue weighted by atomic mass is 10.2. The maximum atomic E-state index is 12.2. The highest BCUT2D eigenvalue weighted by Gasteiger charge is 2.37. The molecule has 2 N–H and O–H groups in total. The fourth-order valence-corrected chi connectivity index (χ4v) is 1.76. The van der Waals surface area contributed by atoms with E-state index in [9.17, 15) is 22.2 Å². The van der Waals surface area contributed by atoms with Crippen LogP contribution in [0.4, 0.5) is 13.2 Å². The summed E-state index contributed by atoms with van der Waals surface area (Å²) in [5.74, 6) is -0.715. The van der Waals surface area contributed by atoms with Crippen molar-refractivity contribution >= 4 is 22.8 Å². The third-order valence-electron chi connectivity index (χ3n) is 1.72. The van der Waals surface area contributed by atoms with Crippen LogP contribution in [0, 0.1) is 0 Å². The molecule has 92 valence electrons. The molecular formula is C10H8F3NO2S. The van der Waals surface area contributed by atoms with Crippen LogP contribution in [0.5, 0.6) is 0 Å². The molecule has 0 saturated carbocycles. The Morgan fingerprint density at radius 3 is 2.53 bits per heavy atom. The molecule has 7 heteroatoms. The Morgan fingerprint density at radius 1 is 1.35 bits per heavy atom. The molecule has 0 aliphatic rings. The average Bonchev–Trinajstić information content (AvgIpc) is 2.24. The molecule has 1 aromatic carbocycles. The summed E-state index contributed by atoms with van der Waals surface area (Å²) in [5, 5.41) is 0. The summed E-state index contributed by atoms with van der Waals surface area (Å²) in [6.45, 7) is 0. The van der Waals surface area contributed by atoms with Gasteiger partial charge in [0.25, 0.3) is 0 Å². The minimum Gasteiger partial charge on any atom is -0.366 e. The molecule has 17 heavy (non-hydrogen) atoms. The van der Waals surface area contributed by atoms with Gasteiger partial charge in [0.05, 0.1) is 0 Å². The van der Waals surface area contributed by atoms with E-state index in [-0.39, 0.29) is 4.90 Å². The summed E-state index contributed by atoms with van der Waals surface area (Å²) in [7, 11) is -3.08. The summed E-state index contributed by atoms with van der Waals surface area (Å²) in [4.78, 5) is 10.1. The molecule has 1 unspecified atom stereocenters. The molecule has 1 rings (SSSR count). The standard InChI is InChI=1S/C10H8F3NO2S/c11-10(12,13)17(16)8-3-1-2-7(6-8)4-5-9(14)15/h1-6H,(H2,14,15). The van der Waals surface area contributed by atoms with Gasteiger partial charge in [0.2, 0.25) is 5.91 Å². The van der Waals surface area contributed by atoms with Crippen LogP contribution in [0.1, 0.15) is 5.56 Å². The zero-order chi connectivity index (χ0) is 13.1. The summed E-state index contributed by atoms with van der Waals surface area (Å²) < 4.78 is 47.6. The van der Waals surface area contributed by atoms with E-state index in [0.29, 0.717) is 5.56 Å². The second-order valence-electron chi connectivity index (χ2n) is 3.02. The lowest BCUT2D eigenvalue weighted by molar-refractivity contribution is -0.113. The summed E-state index contributed by atoms with van der Waals surface area (Å²) in [5.41, 5.74) is 0.361. The largest absolute Gasteiger partial charge is 0.475 e. The van der Waals surface area contributed by atoms with Crippen molar-refractivity contribution in [2.75, 3.05) is 0 Å². The van der Waals surface area contributed by atoms with Crippen molar-refractivity contribution in [2.24, 2.45) is 5.73 Å². The van der Waals surface area contributed by atoms with Gasteiger partial charge in [-0.25, -0.2) is 4.21 Å². The molecule has 3 nitrogen and oxygen atoms in total. The monoisotopic (exact) mass is 263 g/mol. The number of benzene rings is 1. The lowest BCUT2D eigenvalue weighted by Crippen LogP contribution is -2.16. The van der Waals surface area contributed by atoms with Gasteiger partial charge in [-0.05, 0) is 23.8 Å². The molecule has 0 aliphatic carbocycles. The number of alkyl halides is 3. The molecule has 0 radical (unpaired) electrons. The summed E-state index contributed by atoms with van der Waals surface area (Å²) >= 11 is 0. The third kappa shape index (κ3) is 4.03. The van der Waals surface area contributed by atoms with Gasteiger partial charge in [-0.15, -0.1) is 0 Å². The summed E-state index contributed by atoms with van der Waals surface area (Å²) in [6, 6.07) is 4.98. The van der Waals surface area contributed by atoms with E-state index in [2.05, 4.69) is 0 Å². The molecule has 0 fully saturated rings. The number of hydrogen-bond acceptors (Lipinski definition) is 2. The van der Waals surface area contributed by atoms with Crippen LogP contribution in [-0.4, -0.2) is 15.6 Å². The predicted molar refractivity (Wildman–Crippen MR) is 57.1 cm³/mol. The highest BCUT2D eigenvalue weighted by Crippen LogP contribution is 2.26. The summed E-state index contributed by atoms with van der Waals surface area (Å²) in [6.07, 6.45) is 2.26. The number of halogens is 3. The Balaban J connectivity index is 3.02. The number of carbonyl (C=O) groups is 1. The molecule has 0 saturated heterocycles. The van der Waals surface area contributed by atoms with Crippen molar-refractivity contribution in [3.8, 4) is 0 Å². The van der Waals surface area contributed by atoms with Gasteiger partial charge in [0, 0.05) is 11.0 Å². The molecule has 1 atom stereocenters. The molecular weight excluding hydrogens is 255 g/mol. The molecule has 0 aromatic heterocycles. The van der Waals surface area contributed by atoms with E-state index >= 15 is 0 Å². The molecule has 0 spiro atoms. The normalized spacial score (nSPS) is 13.8. The van der Waals surface area contributed by atoms with Crippen molar-refractivity contribution in [1.82, 2.24) is 0 Å². The number of hydrogen-bond donors (Lipinski definition) is 1. The van der Waals surface area contributed by atoms with E-state index < -0.39 is 22.2 Å². The van der Waals surface area contributed by atoms with Crippen molar-refractivity contribution in [1.29, 1.82) is 0 Å². The van der Waals surface area contributed by atoms with Gasteiger partial charge in [-0.2, -0.15) is 13.2 Å². The SMILES string of the molecule is NC(=O)C=Cc1cccc(S(=O)C(F)(F)F)c1. The van der Waals surface area contributed by atoms with Gasteiger partial charge in [-0.3, -0.25) is 4.79 Å². The molecule has 1 amide bonds. The molecule has 0 bridgehead atoms. The van der Waals surface area contributed by atoms with Crippen molar-refractivity contribution in [3.05, 3.63) is 35.9 Å². The van der Waals surface area contributed by atoms with Crippen LogP contribution in [0.25, 0.3) is 6.08 Å². The van der Waals surface area contributed by atoms with Gasteiger partial charge < -0.3 is 5.73 Å². The zero-order valence-electron chi connectivity index (χ0n) is 8.40. The first-order chi connectivity index (χ1) is 7.80. The van der Waals surface area contributed by atoms with Crippen LogP contribution >= 0.6 is 0 Å². The average molecular weight is 263 g/mol. The van der Waals surface area contributed by atoms with E-state index in [4.69, 9.17) is 5.73 Å². The second kappa shape index (κ2) is 5.13. The van der Waals surface area contributed by atoms with Crippen molar-refractivity contribution in [3.63, 3.8) is 0 Å². The van der Waals surface area contributed by atoms with Crippen LogP contribution in [0.2, 0.25) is 0 Å². The molecule has 0 heterocycles. The Morgan fingerprint density at radius 2 is 2.00 bits per heavy atom. The zero-order valence-corrected chi connectivity index (χ0v) is 9.22. The van der Waals surface area contributed by atoms with Gasteiger partial charge in [-0.1, -0.05) is 12.1 Å². The first-order valence-corrected chi connectivity index (χ1v) is 5.52. The van der Waals surface area contributed by atoms with Gasteiger partial charge in [0.15, 0.2) is 10.8 Å². The second-order valence-corrected chi connectivity index (χ2v) is 4.49. The van der Waals surface area contributed by atoms with Crippen LogP contribution in [-0.2, 0) is 15.6 Å². The molecule has 0 aliphatic heterocycles. The maximum Gasteiger partial charge on any atom is 0.475 e. The van der Waals surface area contributed by atoms with E-state index in [1.807, 2.05) is 0 Å². The minimum atomic E-state index is -4.80. The lowest BCUT2D eigenvalue weighted by Gasteiger charge is -2.06. The van der Waals surface area contributed by atoms with Crippen molar-refractivity contribution in [2.45, 2.75) is 10.4 Å². The smallest absolute Gasteiger partial charge is 0.366 e. The fourth-order valence-electron chi connectivity index (χ4n) is 1.05. The van der Waals surface area contributed by atoms with E-state index in [1.54, 1.807) is 0 Å². The topological polar surface area (TPSA) is 60.2 Å². The minimum absolute atomic E-state index is 0.318. The quantitative estimate of drug-likeness (QED) is 0.845. The Labute approximate surface area is 97.6 Å². The third-order valence-corrected chi connectivity index (χ3v) is 2.82. The van der Waals surface area contributed by atoms with Crippen LogP contribution in [0.3, 0.4) is 0 Å². The van der Waals surface area contributed by atoms with Crippen LogP contribution in [0.15, 0.2) is 35.2 Å². The Bertz CT molecular complexity index is 483. The van der Waals surface area contributed by atoms with E-state index in [1.165, 1.54) is 18.2 Å². The van der Waals surface area contributed by atoms with E-state index in [0.717, 1.165) is 18.2 Å². The van der Waals surface area contributed by atoms with Crippen LogP contribution < -0.4 is 5.73 Å². The predicted octanol–water partition coefficient (Wildman–Crippen LogP) is 1.81. The number of primary amides is 1. The van der Waals surface area contributed by atoms with Gasteiger partial charge >= 0.3 is 5.51 Å². The fraction of sp³-hybridized carbons (Fsp3) is 0.100. The number of nitrogens with two attached hydrogens (primary N) is 1. The Hall–Kier alpha value is -1.63. The maximum absolute atomic E-state index is 12.2.